The molecule has 0 aliphatic heterocycles. The molecular formula is C18H24N2S. The van der Waals surface area contributed by atoms with E-state index in [0.717, 1.165) is 18.7 Å². The fourth-order valence-electron chi connectivity index (χ4n) is 3.30. The van der Waals surface area contributed by atoms with Crippen LogP contribution in [0, 0.1) is 6.92 Å². The van der Waals surface area contributed by atoms with Gasteiger partial charge in [0.25, 0.3) is 0 Å². The van der Waals surface area contributed by atoms with E-state index in [4.69, 9.17) is 0 Å². The van der Waals surface area contributed by atoms with E-state index in [0.29, 0.717) is 11.5 Å². The summed E-state index contributed by atoms with van der Waals surface area (Å²) in [4.78, 5) is 4.54. The number of aryl methyl sites for hydroxylation is 1. The van der Waals surface area contributed by atoms with Crippen molar-refractivity contribution in [3.05, 3.63) is 51.5 Å². The van der Waals surface area contributed by atoms with Crippen LogP contribution in [-0.2, 0) is 11.8 Å². The Kier molecular flexibility index (Phi) is 4.14. The highest BCUT2D eigenvalue weighted by Gasteiger charge is 2.31. The minimum absolute atomic E-state index is 0.307. The van der Waals surface area contributed by atoms with Gasteiger partial charge in [-0.05, 0) is 36.3 Å². The molecule has 0 spiro atoms. The molecule has 1 unspecified atom stereocenters. The van der Waals surface area contributed by atoms with Crippen molar-refractivity contribution in [3.63, 3.8) is 0 Å². The number of rotatable bonds is 4. The van der Waals surface area contributed by atoms with E-state index in [-0.39, 0.29) is 0 Å². The monoisotopic (exact) mass is 300 g/mol. The molecule has 0 bridgehead atoms. The molecule has 0 saturated carbocycles. The first kappa shape index (κ1) is 14.7. The van der Waals surface area contributed by atoms with Crippen LogP contribution in [0.5, 0.6) is 0 Å². The number of nitrogens with zero attached hydrogens (tertiary/aromatic N) is 1. The first-order valence-electron chi connectivity index (χ1n) is 7.80. The van der Waals surface area contributed by atoms with Crippen molar-refractivity contribution in [2.24, 2.45) is 0 Å². The third-order valence-corrected chi connectivity index (χ3v) is 5.55. The molecule has 1 atom stereocenters. The third-order valence-electron chi connectivity index (χ3n) is 4.52. The van der Waals surface area contributed by atoms with E-state index in [2.05, 4.69) is 60.7 Å². The predicted molar refractivity (Wildman–Crippen MR) is 90.0 cm³/mol. The van der Waals surface area contributed by atoms with Crippen molar-refractivity contribution in [2.45, 2.75) is 51.5 Å². The van der Waals surface area contributed by atoms with Gasteiger partial charge in [0, 0.05) is 30.1 Å². The molecule has 1 aromatic heterocycles. The highest BCUT2D eigenvalue weighted by atomic mass is 32.1. The number of hydrogen-bond acceptors (Lipinski definition) is 3. The van der Waals surface area contributed by atoms with Crippen LogP contribution in [0.25, 0.3) is 0 Å². The Labute approximate surface area is 131 Å². The van der Waals surface area contributed by atoms with Crippen LogP contribution in [0.4, 0.5) is 0 Å². The minimum atomic E-state index is 0.307. The van der Waals surface area contributed by atoms with E-state index in [1.807, 2.05) is 0 Å². The number of benzene rings is 1. The fraction of sp³-hybridized carbons (Fsp3) is 0.500. The van der Waals surface area contributed by atoms with E-state index >= 15 is 0 Å². The van der Waals surface area contributed by atoms with Gasteiger partial charge in [-0.3, -0.25) is 0 Å². The summed E-state index contributed by atoms with van der Waals surface area (Å²) in [6, 6.07) is 9.42. The summed E-state index contributed by atoms with van der Waals surface area (Å²) in [5, 5.41) is 7.11. The van der Waals surface area contributed by atoms with Crippen LogP contribution in [0.1, 0.15) is 54.6 Å². The molecule has 112 valence electrons. The molecule has 1 aromatic carbocycles. The van der Waals surface area contributed by atoms with E-state index in [9.17, 15) is 0 Å². The van der Waals surface area contributed by atoms with Crippen LogP contribution >= 0.6 is 11.3 Å². The molecule has 3 heteroatoms. The summed E-state index contributed by atoms with van der Waals surface area (Å²) in [5.41, 5.74) is 4.45. The van der Waals surface area contributed by atoms with E-state index in [1.165, 1.54) is 29.0 Å². The molecule has 1 aliphatic rings. The van der Waals surface area contributed by atoms with Gasteiger partial charge in [0.2, 0.25) is 0 Å². The van der Waals surface area contributed by atoms with Gasteiger partial charge in [0.15, 0.2) is 0 Å². The van der Waals surface area contributed by atoms with Crippen molar-refractivity contribution in [3.8, 4) is 0 Å². The van der Waals surface area contributed by atoms with Crippen LogP contribution < -0.4 is 5.32 Å². The Bertz CT molecular complexity index is 615. The van der Waals surface area contributed by atoms with Crippen molar-refractivity contribution in [1.29, 1.82) is 0 Å². The number of fused-ring (bicyclic) bond motifs is 1. The molecule has 0 amide bonds. The van der Waals surface area contributed by atoms with Gasteiger partial charge in [0.1, 0.15) is 0 Å². The smallest absolute Gasteiger partial charge is 0.0940 e. The van der Waals surface area contributed by atoms with Crippen LogP contribution in [0.3, 0.4) is 0 Å². The van der Waals surface area contributed by atoms with Gasteiger partial charge in [-0.15, -0.1) is 11.3 Å². The number of nitrogens with one attached hydrogen (secondary N) is 1. The summed E-state index contributed by atoms with van der Waals surface area (Å²) < 4.78 is 0. The van der Waals surface area contributed by atoms with Gasteiger partial charge in [0.05, 0.1) is 5.01 Å². The molecule has 21 heavy (non-hydrogen) atoms. The second-order valence-corrected chi connectivity index (χ2v) is 7.59. The summed E-state index contributed by atoms with van der Waals surface area (Å²) in [5.74, 6) is 0. The summed E-state index contributed by atoms with van der Waals surface area (Å²) in [6.07, 6.45) is 3.50. The minimum Gasteiger partial charge on any atom is -0.310 e. The van der Waals surface area contributed by atoms with E-state index in [1.54, 1.807) is 11.3 Å². The Morgan fingerprint density at radius 3 is 2.90 bits per heavy atom. The van der Waals surface area contributed by atoms with E-state index < -0.39 is 0 Å². The summed E-state index contributed by atoms with van der Waals surface area (Å²) in [6.45, 7) is 7.79. The molecule has 2 aromatic rings. The lowest BCUT2D eigenvalue weighted by atomic mass is 9.71. The fourth-order valence-corrected chi connectivity index (χ4v) is 4.07. The van der Waals surface area contributed by atoms with Crippen molar-refractivity contribution < 1.29 is 0 Å². The quantitative estimate of drug-likeness (QED) is 0.905. The lowest BCUT2D eigenvalue weighted by Crippen LogP contribution is -2.33. The molecule has 1 aliphatic carbocycles. The number of aromatic nitrogens is 1. The molecule has 0 radical (unpaired) electrons. The lowest BCUT2D eigenvalue weighted by molar-refractivity contribution is 0.359. The lowest BCUT2D eigenvalue weighted by Gasteiger charge is -2.37. The van der Waals surface area contributed by atoms with Gasteiger partial charge in [-0.1, -0.05) is 38.1 Å². The van der Waals surface area contributed by atoms with Gasteiger partial charge >= 0.3 is 0 Å². The summed E-state index contributed by atoms with van der Waals surface area (Å²) >= 11 is 1.77. The largest absolute Gasteiger partial charge is 0.310 e. The summed E-state index contributed by atoms with van der Waals surface area (Å²) in [7, 11) is 0. The molecule has 3 rings (SSSR count). The number of thiazole rings is 1. The molecule has 2 nitrogen and oxygen atoms in total. The second-order valence-electron chi connectivity index (χ2n) is 6.65. The predicted octanol–water partition coefficient (Wildman–Crippen LogP) is 4.40. The van der Waals surface area contributed by atoms with Crippen molar-refractivity contribution in [2.75, 3.05) is 6.54 Å². The average molecular weight is 300 g/mol. The zero-order valence-electron chi connectivity index (χ0n) is 13.1. The maximum Gasteiger partial charge on any atom is 0.0940 e. The maximum atomic E-state index is 4.54. The normalized spacial score (nSPS) is 20.2. The van der Waals surface area contributed by atoms with Gasteiger partial charge in [-0.25, -0.2) is 4.98 Å². The maximum absolute atomic E-state index is 4.54. The SMILES string of the molecule is Cc1csc(CCNC2CCC(C)(C)c3ccccc32)n1. The highest BCUT2D eigenvalue weighted by molar-refractivity contribution is 7.09. The Hall–Kier alpha value is -1.19. The van der Waals surface area contributed by atoms with Crippen LogP contribution in [0.15, 0.2) is 29.6 Å². The Morgan fingerprint density at radius 1 is 1.33 bits per heavy atom. The standard InChI is InChI=1S/C18H24N2S/c1-13-12-21-17(20-13)9-11-19-16-8-10-18(2,3)15-7-5-4-6-14(15)16/h4-7,12,16,19H,8-11H2,1-3H3. The molecular weight excluding hydrogens is 276 g/mol. The van der Waals surface area contributed by atoms with Gasteiger partial charge in [-0.2, -0.15) is 0 Å². The van der Waals surface area contributed by atoms with Crippen LogP contribution in [-0.4, -0.2) is 11.5 Å². The average Bonchev–Trinajstić information content (AvgIpc) is 2.87. The topological polar surface area (TPSA) is 24.9 Å². The van der Waals surface area contributed by atoms with Crippen molar-refractivity contribution >= 4 is 11.3 Å². The first-order chi connectivity index (χ1) is 10.1. The Balaban J connectivity index is 1.66. The second kappa shape index (κ2) is 5.90. The molecule has 1 N–H and O–H groups in total. The Morgan fingerprint density at radius 2 is 2.14 bits per heavy atom. The van der Waals surface area contributed by atoms with Gasteiger partial charge < -0.3 is 5.32 Å². The molecule has 0 fully saturated rings. The molecule has 1 heterocycles. The highest BCUT2D eigenvalue weighted by Crippen LogP contribution is 2.41. The van der Waals surface area contributed by atoms with Crippen molar-refractivity contribution in [1.82, 2.24) is 10.3 Å². The number of hydrogen-bond donors (Lipinski definition) is 1. The van der Waals surface area contributed by atoms with Crippen LogP contribution in [0.2, 0.25) is 0 Å². The zero-order valence-corrected chi connectivity index (χ0v) is 14.0. The zero-order chi connectivity index (χ0) is 14.9. The molecule has 0 saturated heterocycles. The first-order valence-corrected chi connectivity index (χ1v) is 8.68. The third kappa shape index (κ3) is 3.19.